The predicted octanol–water partition coefficient (Wildman–Crippen LogP) is 2.06. The number of halogens is 3. The van der Waals surface area contributed by atoms with Crippen LogP contribution in [0, 0.1) is 17.2 Å². The van der Waals surface area contributed by atoms with Crippen LogP contribution in [0.4, 0.5) is 19.0 Å². The minimum atomic E-state index is -4.17. The Bertz CT molecular complexity index is 540. The van der Waals surface area contributed by atoms with Crippen molar-refractivity contribution >= 4 is 5.82 Å². The van der Waals surface area contributed by atoms with Crippen LogP contribution in [0.25, 0.3) is 0 Å². The Kier molecular flexibility index (Phi) is 5.19. The third-order valence-electron chi connectivity index (χ3n) is 3.74. The summed E-state index contributed by atoms with van der Waals surface area (Å²) in [6.45, 7) is 2.89. The molecule has 2 rings (SSSR count). The minimum Gasteiger partial charge on any atom is -0.354 e. The van der Waals surface area contributed by atoms with Crippen molar-refractivity contribution in [2.75, 3.05) is 37.6 Å². The van der Waals surface area contributed by atoms with Gasteiger partial charge in [0.1, 0.15) is 6.07 Å². The van der Waals surface area contributed by atoms with Gasteiger partial charge in [-0.3, -0.25) is 4.90 Å². The Hall–Kier alpha value is -1.88. The van der Waals surface area contributed by atoms with Crippen LogP contribution in [-0.4, -0.2) is 53.8 Å². The van der Waals surface area contributed by atoms with E-state index >= 15 is 0 Å². The van der Waals surface area contributed by atoms with E-state index in [0.29, 0.717) is 32.0 Å². The maximum Gasteiger partial charge on any atom is 0.401 e. The Morgan fingerprint density at radius 2 is 2.14 bits per heavy atom. The summed E-state index contributed by atoms with van der Waals surface area (Å²) in [6.07, 6.45) is -0.410. The van der Waals surface area contributed by atoms with Gasteiger partial charge in [0.25, 0.3) is 0 Å². The highest BCUT2D eigenvalue weighted by atomic mass is 19.4. The average molecular weight is 313 g/mol. The molecular formula is C14H18F3N5. The van der Waals surface area contributed by atoms with Gasteiger partial charge in [0, 0.05) is 32.0 Å². The Morgan fingerprint density at radius 3 is 2.77 bits per heavy atom. The van der Waals surface area contributed by atoms with Crippen LogP contribution in [0.2, 0.25) is 0 Å². The molecular weight excluding hydrogens is 295 g/mol. The van der Waals surface area contributed by atoms with Crippen molar-refractivity contribution in [1.82, 2.24) is 14.9 Å². The fourth-order valence-corrected chi connectivity index (χ4v) is 2.74. The van der Waals surface area contributed by atoms with Crippen molar-refractivity contribution in [3.05, 3.63) is 18.1 Å². The summed E-state index contributed by atoms with van der Waals surface area (Å²) in [6, 6.07) is 2.00. The lowest BCUT2D eigenvalue weighted by Gasteiger charge is -2.25. The van der Waals surface area contributed by atoms with E-state index in [4.69, 9.17) is 5.26 Å². The summed E-state index contributed by atoms with van der Waals surface area (Å²) >= 11 is 0. The van der Waals surface area contributed by atoms with Crippen molar-refractivity contribution in [1.29, 1.82) is 5.26 Å². The molecule has 0 aliphatic carbocycles. The molecule has 0 radical (unpaired) electrons. The molecule has 0 bridgehead atoms. The molecule has 1 aromatic heterocycles. The maximum absolute atomic E-state index is 12.5. The number of nitrogens with zero attached hydrogens (tertiary/aromatic N) is 5. The molecule has 1 atom stereocenters. The molecule has 0 N–H and O–H groups in total. The number of aromatic nitrogens is 2. The zero-order chi connectivity index (χ0) is 16.2. The van der Waals surface area contributed by atoms with Gasteiger partial charge in [-0.25, -0.2) is 9.97 Å². The van der Waals surface area contributed by atoms with Crippen LogP contribution in [-0.2, 0) is 0 Å². The van der Waals surface area contributed by atoms with E-state index in [1.807, 2.05) is 11.0 Å². The van der Waals surface area contributed by atoms with Gasteiger partial charge in [0.2, 0.25) is 0 Å². The van der Waals surface area contributed by atoms with Crippen LogP contribution in [0.1, 0.15) is 19.0 Å². The van der Waals surface area contributed by atoms with Crippen LogP contribution in [0.5, 0.6) is 0 Å². The minimum absolute atomic E-state index is 0.135. The fourth-order valence-electron chi connectivity index (χ4n) is 2.74. The normalized spacial score (nSPS) is 18.7. The average Bonchev–Trinajstić information content (AvgIpc) is 2.93. The van der Waals surface area contributed by atoms with Gasteiger partial charge in [-0.15, -0.1) is 0 Å². The molecule has 0 unspecified atom stereocenters. The molecule has 0 saturated carbocycles. The summed E-state index contributed by atoms with van der Waals surface area (Å²) in [5, 5.41) is 9.04. The molecule has 2 heterocycles. The third kappa shape index (κ3) is 4.31. The first-order valence-electron chi connectivity index (χ1n) is 7.18. The molecule has 1 saturated heterocycles. The van der Waals surface area contributed by atoms with Crippen LogP contribution >= 0.6 is 0 Å². The Morgan fingerprint density at radius 1 is 1.41 bits per heavy atom. The van der Waals surface area contributed by atoms with Crippen LogP contribution < -0.4 is 4.90 Å². The molecule has 8 heteroatoms. The summed E-state index contributed by atoms with van der Waals surface area (Å²) < 4.78 is 37.5. The number of hydrogen-bond donors (Lipinski definition) is 0. The van der Waals surface area contributed by atoms with Crippen molar-refractivity contribution < 1.29 is 13.2 Å². The van der Waals surface area contributed by atoms with E-state index in [2.05, 4.69) is 9.97 Å². The van der Waals surface area contributed by atoms with Gasteiger partial charge in [0.05, 0.1) is 6.54 Å². The molecule has 0 aromatic carbocycles. The zero-order valence-electron chi connectivity index (χ0n) is 12.3. The molecule has 120 valence electrons. The highest BCUT2D eigenvalue weighted by molar-refractivity contribution is 5.50. The van der Waals surface area contributed by atoms with Gasteiger partial charge in [-0.1, -0.05) is 6.92 Å². The SMILES string of the molecule is CCN(C[C@@H]1CCN(c2nccnc2C#N)C1)CC(F)(F)F. The topological polar surface area (TPSA) is 56.1 Å². The second-order valence-electron chi connectivity index (χ2n) is 5.38. The Balaban J connectivity index is 1.96. The number of alkyl halides is 3. The summed E-state index contributed by atoms with van der Waals surface area (Å²) in [4.78, 5) is 11.5. The van der Waals surface area contributed by atoms with E-state index in [-0.39, 0.29) is 11.6 Å². The highest BCUT2D eigenvalue weighted by Gasteiger charge is 2.33. The second kappa shape index (κ2) is 6.92. The molecule has 1 fully saturated rings. The van der Waals surface area contributed by atoms with Crippen LogP contribution in [0.15, 0.2) is 12.4 Å². The molecule has 0 amide bonds. The van der Waals surface area contributed by atoms with Crippen molar-refractivity contribution in [2.24, 2.45) is 5.92 Å². The van der Waals surface area contributed by atoms with Crippen molar-refractivity contribution in [3.63, 3.8) is 0 Å². The number of anilines is 1. The number of nitriles is 1. The molecule has 1 aliphatic rings. The first kappa shape index (κ1) is 16.5. The largest absolute Gasteiger partial charge is 0.401 e. The van der Waals surface area contributed by atoms with Crippen molar-refractivity contribution in [2.45, 2.75) is 19.5 Å². The summed E-state index contributed by atoms with van der Waals surface area (Å²) in [7, 11) is 0. The first-order valence-corrected chi connectivity index (χ1v) is 7.18. The standard InChI is InChI=1S/C14H18F3N5/c1-2-21(10-14(15,16)17)8-11-3-6-22(9-11)13-12(7-18)19-4-5-20-13/h4-5,11H,2-3,6,8-10H2,1H3/t11-/m0/s1. The Labute approximate surface area is 127 Å². The molecule has 5 nitrogen and oxygen atoms in total. The van der Waals surface area contributed by atoms with Gasteiger partial charge in [-0.05, 0) is 18.9 Å². The smallest absolute Gasteiger partial charge is 0.354 e. The van der Waals surface area contributed by atoms with Gasteiger partial charge < -0.3 is 4.90 Å². The lowest BCUT2D eigenvalue weighted by molar-refractivity contribution is -0.146. The van der Waals surface area contributed by atoms with Crippen LogP contribution in [0.3, 0.4) is 0 Å². The first-order chi connectivity index (χ1) is 10.4. The van der Waals surface area contributed by atoms with Gasteiger partial charge >= 0.3 is 6.18 Å². The maximum atomic E-state index is 12.5. The third-order valence-corrected chi connectivity index (χ3v) is 3.74. The monoisotopic (exact) mass is 313 g/mol. The molecule has 1 aliphatic heterocycles. The van der Waals surface area contributed by atoms with E-state index < -0.39 is 12.7 Å². The van der Waals surface area contributed by atoms with Gasteiger partial charge in [0.15, 0.2) is 11.5 Å². The lowest BCUT2D eigenvalue weighted by Crippen LogP contribution is -2.38. The van der Waals surface area contributed by atoms with Gasteiger partial charge in [-0.2, -0.15) is 18.4 Å². The summed E-state index contributed by atoms with van der Waals surface area (Å²) in [5.41, 5.74) is 0.255. The van der Waals surface area contributed by atoms with E-state index in [1.165, 1.54) is 17.3 Å². The lowest BCUT2D eigenvalue weighted by atomic mass is 10.1. The molecule has 22 heavy (non-hydrogen) atoms. The zero-order valence-corrected chi connectivity index (χ0v) is 12.3. The fraction of sp³-hybridized carbons (Fsp3) is 0.643. The van der Waals surface area contributed by atoms with E-state index in [0.717, 1.165) is 6.42 Å². The number of rotatable bonds is 5. The van der Waals surface area contributed by atoms with E-state index in [9.17, 15) is 13.2 Å². The van der Waals surface area contributed by atoms with E-state index in [1.54, 1.807) is 6.92 Å². The predicted molar refractivity (Wildman–Crippen MR) is 75.2 cm³/mol. The van der Waals surface area contributed by atoms with Crippen molar-refractivity contribution in [3.8, 4) is 6.07 Å². The molecule has 1 aromatic rings. The molecule has 0 spiro atoms. The second-order valence-corrected chi connectivity index (χ2v) is 5.38. The quantitative estimate of drug-likeness (QED) is 0.833. The number of hydrogen-bond acceptors (Lipinski definition) is 5. The summed E-state index contributed by atoms with van der Waals surface area (Å²) in [5.74, 6) is 0.655. The highest BCUT2D eigenvalue weighted by Crippen LogP contribution is 2.25.